The van der Waals surface area contributed by atoms with Crippen LogP contribution in [0.2, 0.25) is 0 Å². The lowest BCUT2D eigenvalue weighted by Crippen LogP contribution is -2.36. The molecule has 33 heavy (non-hydrogen) atoms. The van der Waals surface area contributed by atoms with Crippen LogP contribution in [0.1, 0.15) is 34.4 Å². The summed E-state index contributed by atoms with van der Waals surface area (Å²) >= 11 is 1.74. The van der Waals surface area contributed by atoms with E-state index in [-0.39, 0.29) is 30.3 Å². The van der Waals surface area contributed by atoms with Gasteiger partial charge < -0.3 is 10.2 Å². The van der Waals surface area contributed by atoms with E-state index in [4.69, 9.17) is 0 Å². The van der Waals surface area contributed by atoms with Gasteiger partial charge >= 0.3 is 0 Å². The Morgan fingerprint density at radius 1 is 1.36 bits per heavy atom. The van der Waals surface area contributed by atoms with Gasteiger partial charge in [0.25, 0.3) is 0 Å². The van der Waals surface area contributed by atoms with E-state index >= 15 is 0 Å². The zero-order valence-corrected chi connectivity index (χ0v) is 20.3. The number of carbonyl (C=O) groups excluding carboxylic acids is 2. The van der Waals surface area contributed by atoms with Crippen LogP contribution in [0.15, 0.2) is 42.6 Å². The van der Waals surface area contributed by atoms with Crippen LogP contribution in [-0.4, -0.2) is 46.2 Å². The first-order valence-corrected chi connectivity index (χ1v) is 11.8. The molecule has 0 saturated carbocycles. The Labute approximate surface area is 203 Å². The Bertz CT molecular complexity index is 1240. The molecule has 0 aliphatic carbocycles. The van der Waals surface area contributed by atoms with Gasteiger partial charge in [0.15, 0.2) is 0 Å². The lowest BCUT2D eigenvalue weighted by atomic mass is 10.1. The van der Waals surface area contributed by atoms with Gasteiger partial charge in [0.2, 0.25) is 11.8 Å². The highest BCUT2D eigenvalue weighted by atomic mass is 35.5. The maximum absolute atomic E-state index is 12.7. The van der Waals surface area contributed by atoms with Gasteiger partial charge in [0, 0.05) is 41.0 Å². The Kier molecular flexibility index (Phi) is 6.83. The predicted molar refractivity (Wildman–Crippen MR) is 136 cm³/mol. The standard InChI is InChI=1S/C25H26N4O2S.ClH/c1-16-19-6-3-4-8-21(19)32-22(16)15-28(2)23(30)10-9-17-12-18-14-29-11-5-7-20(29)25(31)27-24(18)26-13-17;/h3-4,6,8-10,12-13,20H,5,7,11,14-15H2,1-2H3,(H,26,27,31);1H/t20-;/m0./s1. The van der Waals surface area contributed by atoms with Crippen molar-refractivity contribution in [2.24, 2.45) is 0 Å². The molecule has 2 aliphatic rings. The number of nitrogens with zero attached hydrogens (tertiary/aromatic N) is 3. The van der Waals surface area contributed by atoms with Gasteiger partial charge in [-0.25, -0.2) is 4.98 Å². The first kappa shape index (κ1) is 23.4. The van der Waals surface area contributed by atoms with Crippen LogP contribution in [0.3, 0.4) is 0 Å². The van der Waals surface area contributed by atoms with E-state index < -0.39 is 0 Å². The van der Waals surface area contributed by atoms with Crippen LogP contribution in [0.5, 0.6) is 0 Å². The molecule has 6 nitrogen and oxygen atoms in total. The average molecular weight is 483 g/mol. The molecule has 0 bridgehead atoms. The molecule has 8 heteroatoms. The van der Waals surface area contributed by atoms with E-state index in [9.17, 15) is 9.59 Å². The third kappa shape index (κ3) is 4.67. The first-order chi connectivity index (χ1) is 15.5. The predicted octanol–water partition coefficient (Wildman–Crippen LogP) is 4.61. The molecule has 4 heterocycles. The molecule has 1 fully saturated rings. The Morgan fingerprint density at radius 2 is 2.18 bits per heavy atom. The van der Waals surface area contributed by atoms with E-state index in [1.54, 1.807) is 34.6 Å². The van der Waals surface area contributed by atoms with Crippen molar-refractivity contribution in [1.29, 1.82) is 0 Å². The lowest BCUT2D eigenvalue weighted by molar-refractivity contribution is -0.125. The number of aryl methyl sites for hydroxylation is 1. The van der Waals surface area contributed by atoms with Gasteiger partial charge in [-0.15, -0.1) is 23.7 Å². The van der Waals surface area contributed by atoms with Crippen LogP contribution in [0.4, 0.5) is 5.82 Å². The molecule has 0 radical (unpaired) electrons. The molecule has 5 rings (SSSR count). The molecular formula is C25H27ClN4O2S. The van der Waals surface area contributed by atoms with Gasteiger partial charge in [0.05, 0.1) is 12.6 Å². The molecule has 1 aromatic carbocycles. The number of benzene rings is 1. The van der Waals surface area contributed by atoms with Crippen LogP contribution in [0, 0.1) is 6.92 Å². The van der Waals surface area contributed by atoms with Gasteiger partial charge in [0.1, 0.15) is 5.82 Å². The molecule has 0 spiro atoms. The number of likely N-dealkylation sites (N-methyl/N-ethyl adjacent to an activating group) is 1. The van der Waals surface area contributed by atoms with E-state index in [2.05, 4.69) is 34.3 Å². The summed E-state index contributed by atoms with van der Waals surface area (Å²) in [5.41, 5.74) is 3.09. The van der Waals surface area contributed by atoms with Crippen molar-refractivity contribution in [3.8, 4) is 0 Å². The van der Waals surface area contributed by atoms with E-state index in [1.165, 1.54) is 20.5 Å². The molecule has 1 atom stereocenters. The number of anilines is 1. The molecule has 3 aromatic rings. The zero-order chi connectivity index (χ0) is 22.2. The summed E-state index contributed by atoms with van der Waals surface area (Å²) in [7, 11) is 1.83. The number of halogens is 1. The summed E-state index contributed by atoms with van der Waals surface area (Å²) in [6.07, 6.45) is 7.04. The SMILES string of the molecule is Cc1c(CN(C)C(=O)C=Cc2cnc3c(c2)CN2CCC[C@H]2C(=O)N3)sc2ccccc12.Cl. The second kappa shape index (κ2) is 9.63. The van der Waals surface area contributed by atoms with Gasteiger partial charge in [-0.1, -0.05) is 18.2 Å². The van der Waals surface area contributed by atoms with Crippen LogP contribution in [-0.2, 0) is 22.7 Å². The topological polar surface area (TPSA) is 65.5 Å². The molecule has 1 saturated heterocycles. The number of rotatable bonds is 4. The molecule has 2 aromatic heterocycles. The van der Waals surface area contributed by atoms with E-state index in [0.717, 1.165) is 30.5 Å². The third-order valence-corrected chi connectivity index (χ3v) is 7.64. The molecule has 1 N–H and O–H groups in total. The average Bonchev–Trinajstić information content (AvgIpc) is 3.35. The van der Waals surface area contributed by atoms with Gasteiger partial charge in [-0.05, 0) is 61.0 Å². The molecule has 0 unspecified atom stereocenters. The summed E-state index contributed by atoms with van der Waals surface area (Å²) in [6.45, 7) is 4.33. The lowest BCUT2D eigenvalue weighted by Gasteiger charge is -2.19. The fourth-order valence-electron chi connectivity index (χ4n) is 4.55. The van der Waals surface area contributed by atoms with Crippen molar-refractivity contribution in [2.75, 3.05) is 18.9 Å². The number of hydrogen-bond donors (Lipinski definition) is 1. The van der Waals surface area contributed by atoms with E-state index in [0.29, 0.717) is 18.9 Å². The van der Waals surface area contributed by atoms with Crippen molar-refractivity contribution >= 4 is 57.5 Å². The van der Waals surface area contributed by atoms with Crippen molar-refractivity contribution in [2.45, 2.75) is 38.9 Å². The van der Waals surface area contributed by atoms with Crippen molar-refractivity contribution in [1.82, 2.24) is 14.8 Å². The number of amides is 2. The fraction of sp³-hybridized carbons (Fsp3) is 0.320. The Balaban J connectivity index is 0.00000259. The summed E-state index contributed by atoms with van der Waals surface area (Å²) in [5, 5.41) is 4.21. The minimum absolute atomic E-state index is 0. The zero-order valence-electron chi connectivity index (χ0n) is 18.7. The molecular weight excluding hydrogens is 456 g/mol. The number of nitrogens with one attached hydrogen (secondary N) is 1. The third-order valence-electron chi connectivity index (χ3n) is 6.39. The largest absolute Gasteiger partial charge is 0.337 e. The maximum atomic E-state index is 12.7. The molecule has 172 valence electrons. The van der Waals surface area contributed by atoms with Crippen LogP contribution < -0.4 is 5.32 Å². The van der Waals surface area contributed by atoms with Crippen molar-refractivity contribution < 1.29 is 9.59 Å². The minimum Gasteiger partial charge on any atom is -0.337 e. The number of hydrogen-bond acceptors (Lipinski definition) is 5. The summed E-state index contributed by atoms with van der Waals surface area (Å²) in [5.74, 6) is 0.611. The minimum atomic E-state index is -0.0595. The van der Waals surface area contributed by atoms with Crippen molar-refractivity contribution in [3.05, 3.63) is 64.2 Å². The fourth-order valence-corrected chi connectivity index (χ4v) is 5.81. The second-order valence-electron chi connectivity index (χ2n) is 8.57. The number of aromatic nitrogens is 1. The number of fused-ring (bicyclic) bond motifs is 3. The Hall–Kier alpha value is -2.74. The van der Waals surface area contributed by atoms with Crippen LogP contribution in [0.25, 0.3) is 16.2 Å². The second-order valence-corrected chi connectivity index (χ2v) is 9.70. The smallest absolute Gasteiger partial charge is 0.246 e. The highest BCUT2D eigenvalue weighted by Crippen LogP contribution is 2.31. The summed E-state index contributed by atoms with van der Waals surface area (Å²) in [6, 6.07) is 10.3. The van der Waals surface area contributed by atoms with Crippen LogP contribution >= 0.6 is 23.7 Å². The highest BCUT2D eigenvalue weighted by molar-refractivity contribution is 7.19. The van der Waals surface area contributed by atoms with Gasteiger partial charge in [-0.3, -0.25) is 14.5 Å². The van der Waals surface area contributed by atoms with Gasteiger partial charge in [-0.2, -0.15) is 0 Å². The quantitative estimate of drug-likeness (QED) is 0.551. The summed E-state index contributed by atoms with van der Waals surface area (Å²) in [4.78, 5) is 34.8. The summed E-state index contributed by atoms with van der Waals surface area (Å²) < 4.78 is 1.25. The number of thiophene rings is 1. The normalized spacial score (nSPS) is 17.9. The number of pyridine rings is 1. The van der Waals surface area contributed by atoms with Crippen molar-refractivity contribution in [3.63, 3.8) is 0 Å². The highest BCUT2D eigenvalue weighted by Gasteiger charge is 2.34. The molecule has 2 amide bonds. The maximum Gasteiger partial charge on any atom is 0.246 e. The number of carbonyl (C=O) groups is 2. The monoisotopic (exact) mass is 482 g/mol. The Morgan fingerprint density at radius 3 is 3.00 bits per heavy atom. The first-order valence-electron chi connectivity index (χ1n) is 10.9. The van der Waals surface area contributed by atoms with E-state index in [1.807, 2.05) is 25.2 Å². The molecule has 2 aliphatic heterocycles.